The summed E-state index contributed by atoms with van der Waals surface area (Å²) in [7, 11) is 0. The maximum Gasteiger partial charge on any atom is 0.246 e. The van der Waals surface area contributed by atoms with Crippen molar-refractivity contribution in [3.8, 4) is 5.75 Å². The summed E-state index contributed by atoms with van der Waals surface area (Å²) in [6, 6.07) is 7.44. The summed E-state index contributed by atoms with van der Waals surface area (Å²) in [4.78, 5) is 104. The van der Waals surface area contributed by atoms with Crippen LogP contribution < -0.4 is 26.6 Å². The SMILES string of the molecule is CC(C)C[C@@H]1NC(=O)[C@@H]2CCCN2C(=O)[C@H](C(C)C)NC(=O)[C@H](Cc2ccc(O)cc2)NC(=O)CNC(=O)[C@@H]2CCCN2C(=O)[C@H](Cc2c[nH]c3ccccc23)NC1=O. The van der Waals surface area contributed by atoms with Crippen molar-refractivity contribution in [2.24, 2.45) is 11.8 Å². The molecule has 16 heteroatoms. The van der Waals surface area contributed by atoms with E-state index in [0.717, 1.165) is 16.5 Å². The second-order valence-corrected chi connectivity index (χ2v) is 16.6. The summed E-state index contributed by atoms with van der Waals surface area (Å²) in [5.74, 6) is -4.39. The first kappa shape index (κ1) is 42.7. The van der Waals surface area contributed by atoms with Gasteiger partial charge in [-0.15, -0.1) is 0 Å². The number of carbonyl (C=O) groups is 7. The number of nitrogens with zero attached hydrogens (tertiary/aromatic N) is 2. The Morgan fingerprint density at radius 2 is 1.31 bits per heavy atom. The summed E-state index contributed by atoms with van der Waals surface area (Å²) in [6.45, 7) is 7.35. The van der Waals surface area contributed by atoms with Crippen LogP contribution in [0, 0.1) is 11.8 Å². The number of para-hydroxylation sites is 1. The molecule has 6 atom stereocenters. The summed E-state index contributed by atoms with van der Waals surface area (Å²) < 4.78 is 0. The predicted molar refractivity (Wildman–Crippen MR) is 218 cm³/mol. The molecule has 6 rings (SSSR count). The van der Waals surface area contributed by atoms with Crippen LogP contribution in [0.1, 0.15) is 70.9 Å². The van der Waals surface area contributed by atoms with Crippen LogP contribution in [0.25, 0.3) is 10.9 Å². The second-order valence-electron chi connectivity index (χ2n) is 16.6. The standard InChI is InChI=1S/C43H56N8O8/c1-24(2)19-31-38(54)48-33(21-27-22-44-30-10-6-5-9-29(27)30)42(58)50-17-7-11-34(50)40(56)45-23-36(53)46-32(20-26-13-15-28(52)16-14-26)39(55)49-37(25(3)4)43(59)51-18-8-12-35(51)41(57)47-31/h5-6,9-10,13-16,22,24-25,31-35,37,44,52H,7-8,11-12,17-21,23H2,1-4H3,(H,45,56)(H,46,53)(H,47,57)(H,48,54)(H,49,55)/t31-,32-,33-,34-,35-,37-/m0/s1. The highest BCUT2D eigenvalue weighted by atomic mass is 16.3. The first-order chi connectivity index (χ1) is 28.2. The van der Waals surface area contributed by atoms with Crippen LogP contribution >= 0.6 is 0 Å². The van der Waals surface area contributed by atoms with Gasteiger partial charge in [-0.3, -0.25) is 33.6 Å². The Bertz CT molecular complexity index is 2050. The molecule has 16 nitrogen and oxygen atoms in total. The number of H-pyrrole nitrogens is 1. The number of hydrogen-bond acceptors (Lipinski definition) is 8. The monoisotopic (exact) mass is 812 g/mol. The summed E-state index contributed by atoms with van der Waals surface area (Å²) in [6.07, 6.45) is 3.82. The molecular formula is C43H56N8O8. The largest absolute Gasteiger partial charge is 0.508 e. The Morgan fingerprint density at radius 1 is 0.678 bits per heavy atom. The third-order valence-electron chi connectivity index (χ3n) is 11.4. The normalized spacial score (nSPS) is 25.6. The lowest BCUT2D eigenvalue weighted by molar-refractivity contribution is -0.143. The van der Waals surface area contributed by atoms with Gasteiger partial charge < -0.3 is 46.5 Å². The van der Waals surface area contributed by atoms with Crippen LogP contribution in [-0.4, -0.2) is 117 Å². The lowest BCUT2D eigenvalue weighted by Gasteiger charge is -2.32. The van der Waals surface area contributed by atoms with E-state index in [2.05, 4.69) is 31.6 Å². The minimum atomic E-state index is -1.19. The van der Waals surface area contributed by atoms with Gasteiger partial charge in [0.15, 0.2) is 0 Å². The summed E-state index contributed by atoms with van der Waals surface area (Å²) >= 11 is 0. The number of fused-ring (bicyclic) bond motifs is 3. The van der Waals surface area contributed by atoms with Crippen molar-refractivity contribution < 1.29 is 38.7 Å². The van der Waals surface area contributed by atoms with Crippen molar-refractivity contribution in [3.05, 3.63) is 65.9 Å². The molecule has 3 aliphatic rings. The number of rotatable bonds is 7. The molecule has 316 valence electrons. The van der Waals surface area contributed by atoms with E-state index in [1.165, 1.54) is 21.9 Å². The van der Waals surface area contributed by atoms with E-state index >= 15 is 0 Å². The third kappa shape index (κ3) is 10.2. The molecule has 2 aromatic carbocycles. The highest BCUT2D eigenvalue weighted by molar-refractivity contribution is 5.99. The molecule has 7 amide bonds. The highest BCUT2D eigenvalue weighted by Crippen LogP contribution is 2.25. The van der Waals surface area contributed by atoms with Crippen molar-refractivity contribution in [2.45, 2.75) is 109 Å². The molecule has 59 heavy (non-hydrogen) atoms. The molecule has 3 saturated heterocycles. The molecule has 3 aliphatic heterocycles. The molecule has 0 unspecified atom stereocenters. The molecule has 0 spiro atoms. The molecule has 0 radical (unpaired) electrons. The molecule has 0 saturated carbocycles. The van der Waals surface area contributed by atoms with Crippen LogP contribution in [0.3, 0.4) is 0 Å². The number of amides is 7. The Labute approximate surface area is 343 Å². The van der Waals surface area contributed by atoms with Crippen molar-refractivity contribution in [1.29, 1.82) is 0 Å². The summed E-state index contributed by atoms with van der Waals surface area (Å²) in [5, 5.41) is 24.7. The third-order valence-corrected chi connectivity index (χ3v) is 11.4. The lowest BCUT2D eigenvalue weighted by Crippen LogP contribution is -2.60. The maximum atomic E-state index is 14.5. The smallest absolute Gasteiger partial charge is 0.246 e. The van der Waals surface area contributed by atoms with Crippen LogP contribution in [0.15, 0.2) is 54.7 Å². The van der Waals surface area contributed by atoms with Crippen molar-refractivity contribution in [2.75, 3.05) is 19.6 Å². The highest BCUT2D eigenvalue weighted by Gasteiger charge is 2.42. The van der Waals surface area contributed by atoms with E-state index in [9.17, 15) is 38.7 Å². The van der Waals surface area contributed by atoms with Crippen LogP contribution in [0.4, 0.5) is 0 Å². The van der Waals surface area contributed by atoms with Crippen LogP contribution in [0.5, 0.6) is 5.75 Å². The number of phenolic OH excluding ortho intramolecular Hbond substituents is 1. The minimum Gasteiger partial charge on any atom is -0.508 e. The first-order valence-corrected chi connectivity index (χ1v) is 20.6. The number of hydrogen-bond donors (Lipinski definition) is 7. The zero-order valence-electron chi connectivity index (χ0n) is 34.1. The van der Waals surface area contributed by atoms with Crippen molar-refractivity contribution >= 4 is 52.3 Å². The fourth-order valence-corrected chi connectivity index (χ4v) is 8.32. The van der Waals surface area contributed by atoms with E-state index < -0.39 is 90.1 Å². The number of benzene rings is 2. The molecule has 3 fully saturated rings. The average Bonchev–Trinajstić information content (AvgIpc) is 3.99. The van der Waals surface area contributed by atoms with Gasteiger partial charge >= 0.3 is 0 Å². The molecule has 0 bridgehead atoms. The topological polar surface area (TPSA) is 222 Å². The van der Waals surface area contributed by atoms with Gasteiger partial charge in [0.2, 0.25) is 41.4 Å². The van der Waals surface area contributed by atoms with Gasteiger partial charge in [-0.05, 0) is 73.3 Å². The molecular weight excluding hydrogens is 757 g/mol. The van der Waals surface area contributed by atoms with E-state index in [-0.39, 0.29) is 44.0 Å². The van der Waals surface area contributed by atoms with E-state index in [1.54, 1.807) is 32.2 Å². The minimum absolute atomic E-state index is 0.000537. The molecule has 4 heterocycles. The fraction of sp³-hybridized carbons (Fsp3) is 0.512. The molecule has 7 N–H and O–H groups in total. The summed E-state index contributed by atoms with van der Waals surface area (Å²) in [5.41, 5.74) is 2.24. The van der Waals surface area contributed by atoms with Gasteiger partial charge in [0.1, 0.15) is 42.0 Å². The number of nitrogens with one attached hydrogen (secondary N) is 6. The lowest BCUT2D eigenvalue weighted by atomic mass is 9.99. The quantitative estimate of drug-likeness (QED) is 0.185. The van der Waals surface area contributed by atoms with Crippen LogP contribution in [0.2, 0.25) is 0 Å². The molecule has 0 aliphatic carbocycles. The van der Waals surface area contributed by atoms with Gasteiger partial charge in [0.05, 0.1) is 6.54 Å². The number of aromatic hydroxyl groups is 1. The van der Waals surface area contributed by atoms with Crippen molar-refractivity contribution in [1.82, 2.24) is 41.4 Å². The van der Waals surface area contributed by atoms with Gasteiger partial charge in [-0.25, -0.2) is 0 Å². The first-order valence-electron chi connectivity index (χ1n) is 20.6. The van der Waals surface area contributed by atoms with Gasteiger partial charge in [0, 0.05) is 43.0 Å². The van der Waals surface area contributed by atoms with E-state index in [1.807, 2.05) is 38.1 Å². The molecule has 1 aromatic heterocycles. The van der Waals surface area contributed by atoms with Gasteiger partial charge in [-0.1, -0.05) is 58.0 Å². The maximum absolute atomic E-state index is 14.5. The van der Waals surface area contributed by atoms with Crippen LogP contribution in [-0.2, 0) is 46.4 Å². The zero-order chi connectivity index (χ0) is 42.4. The second kappa shape index (κ2) is 18.8. The zero-order valence-corrected chi connectivity index (χ0v) is 34.1. The van der Waals surface area contributed by atoms with E-state index in [4.69, 9.17) is 0 Å². The van der Waals surface area contributed by atoms with Gasteiger partial charge in [0.25, 0.3) is 0 Å². The van der Waals surface area contributed by atoms with E-state index in [0.29, 0.717) is 31.2 Å². The Morgan fingerprint density at radius 3 is 1.98 bits per heavy atom. The number of phenols is 1. The number of aromatic nitrogens is 1. The predicted octanol–water partition coefficient (Wildman–Crippen LogP) is 1.41. The van der Waals surface area contributed by atoms with Crippen molar-refractivity contribution in [3.63, 3.8) is 0 Å². The number of aromatic amines is 1. The Balaban J connectivity index is 1.35. The fourth-order valence-electron chi connectivity index (χ4n) is 8.32. The Hall–Kier alpha value is -5.93. The van der Waals surface area contributed by atoms with Gasteiger partial charge in [-0.2, -0.15) is 0 Å². The Kier molecular flexibility index (Phi) is 13.6. The average molecular weight is 813 g/mol. The number of carbonyl (C=O) groups excluding carboxylic acids is 7. The molecule has 3 aromatic rings.